The molecule has 0 amide bonds. The van der Waals surface area contributed by atoms with E-state index >= 15 is 0 Å². The summed E-state index contributed by atoms with van der Waals surface area (Å²) in [6.45, 7) is 6.49. The average Bonchev–Trinajstić information content (AvgIpc) is 3.52. The predicted molar refractivity (Wildman–Crippen MR) is 139 cm³/mol. The maximum absolute atomic E-state index is 9.10. The number of aromatic amines is 1. The Balaban J connectivity index is 0.000000480. The molecular formula is C27H32N6O4. The molecule has 3 N–H and O–H groups in total. The number of rotatable bonds is 9. The van der Waals surface area contributed by atoms with Gasteiger partial charge in [-0.05, 0) is 48.2 Å². The van der Waals surface area contributed by atoms with Crippen LogP contribution in [0.2, 0.25) is 0 Å². The molecule has 0 radical (unpaired) electrons. The fourth-order valence-corrected chi connectivity index (χ4v) is 4.64. The third-order valence-corrected chi connectivity index (χ3v) is 6.44. The first-order valence-corrected chi connectivity index (χ1v) is 12.2. The zero-order valence-corrected chi connectivity index (χ0v) is 20.8. The number of aliphatic carboxylic acids is 2. The molecule has 3 heterocycles. The van der Waals surface area contributed by atoms with Crippen LogP contribution in [0.25, 0.3) is 10.9 Å². The van der Waals surface area contributed by atoms with Crippen molar-refractivity contribution < 1.29 is 19.8 Å². The first kappa shape index (κ1) is 26.1. The summed E-state index contributed by atoms with van der Waals surface area (Å²) in [6.07, 6.45) is 6.57. The van der Waals surface area contributed by atoms with Crippen molar-refractivity contribution in [2.24, 2.45) is 5.92 Å². The summed E-state index contributed by atoms with van der Waals surface area (Å²) in [4.78, 5) is 30.7. The Bertz CT molecular complexity index is 1290. The maximum Gasteiger partial charge on any atom is 0.414 e. The van der Waals surface area contributed by atoms with Gasteiger partial charge in [-0.2, -0.15) is 5.10 Å². The lowest BCUT2D eigenvalue weighted by molar-refractivity contribution is -0.159. The lowest BCUT2D eigenvalue weighted by Gasteiger charge is -2.41. The summed E-state index contributed by atoms with van der Waals surface area (Å²) in [5, 5.41) is 20.3. The van der Waals surface area contributed by atoms with E-state index in [1.807, 2.05) is 4.68 Å². The molecule has 0 spiro atoms. The van der Waals surface area contributed by atoms with Crippen molar-refractivity contribution in [1.29, 1.82) is 0 Å². The molecule has 1 aliphatic heterocycles. The van der Waals surface area contributed by atoms with Crippen LogP contribution in [-0.2, 0) is 29.1 Å². The summed E-state index contributed by atoms with van der Waals surface area (Å²) < 4.78 is 1.86. The highest BCUT2D eigenvalue weighted by molar-refractivity contribution is 6.27. The van der Waals surface area contributed by atoms with Gasteiger partial charge in [-0.1, -0.05) is 36.4 Å². The van der Waals surface area contributed by atoms with Gasteiger partial charge in [0.2, 0.25) is 0 Å². The van der Waals surface area contributed by atoms with Gasteiger partial charge in [-0.25, -0.2) is 19.3 Å². The molecule has 2 aromatic heterocycles. The van der Waals surface area contributed by atoms with Crippen LogP contribution >= 0.6 is 0 Å². The molecule has 0 unspecified atom stereocenters. The van der Waals surface area contributed by atoms with E-state index in [9.17, 15) is 0 Å². The molecule has 2 aromatic carbocycles. The van der Waals surface area contributed by atoms with Crippen LogP contribution in [0.4, 0.5) is 0 Å². The molecule has 10 nitrogen and oxygen atoms in total. The number of aromatic nitrogens is 4. The van der Waals surface area contributed by atoms with Gasteiger partial charge in [0.05, 0.1) is 6.54 Å². The van der Waals surface area contributed by atoms with Crippen LogP contribution in [0.5, 0.6) is 0 Å². The first-order chi connectivity index (χ1) is 17.9. The van der Waals surface area contributed by atoms with Gasteiger partial charge >= 0.3 is 11.9 Å². The van der Waals surface area contributed by atoms with Crippen molar-refractivity contribution in [2.45, 2.75) is 19.5 Å². The molecule has 0 bridgehead atoms. The smallest absolute Gasteiger partial charge is 0.414 e. The molecule has 0 saturated carbocycles. The van der Waals surface area contributed by atoms with Crippen molar-refractivity contribution in [3.8, 4) is 0 Å². The zero-order chi connectivity index (χ0) is 26.2. The number of carboxylic acids is 2. The van der Waals surface area contributed by atoms with Crippen LogP contribution in [-0.4, -0.2) is 84.9 Å². The highest BCUT2D eigenvalue weighted by atomic mass is 16.4. The average molecular weight is 505 g/mol. The number of carboxylic acid groups (broad SMARTS) is 2. The number of hydrogen-bond donors (Lipinski definition) is 3. The molecule has 1 aliphatic rings. The molecular weight excluding hydrogens is 472 g/mol. The van der Waals surface area contributed by atoms with Gasteiger partial charge < -0.3 is 20.1 Å². The summed E-state index contributed by atoms with van der Waals surface area (Å²) in [5.41, 5.74) is 5.26. The second-order valence-corrected chi connectivity index (χ2v) is 9.46. The largest absolute Gasteiger partial charge is 0.473 e. The number of benzene rings is 2. The molecule has 37 heavy (non-hydrogen) atoms. The quantitative estimate of drug-likeness (QED) is 0.297. The van der Waals surface area contributed by atoms with Crippen molar-refractivity contribution in [1.82, 2.24) is 29.5 Å². The highest BCUT2D eigenvalue weighted by Crippen LogP contribution is 2.22. The van der Waals surface area contributed by atoms with E-state index in [4.69, 9.17) is 19.8 Å². The first-order valence-electron chi connectivity index (χ1n) is 12.2. The number of hydrogen-bond acceptors (Lipinski definition) is 6. The molecule has 4 aromatic rings. The van der Waals surface area contributed by atoms with Gasteiger partial charge in [-0.15, -0.1) is 0 Å². The summed E-state index contributed by atoms with van der Waals surface area (Å²) in [7, 11) is 2.25. The molecule has 1 fully saturated rings. The molecule has 0 aliphatic carbocycles. The van der Waals surface area contributed by atoms with Gasteiger partial charge in [0, 0.05) is 49.8 Å². The second kappa shape index (κ2) is 12.3. The van der Waals surface area contributed by atoms with Crippen LogP contribution in [0.3, 0.4) is 0 Å². The maximum atomic E-state index is 9.10. The lowest BCUT2D eigenvalue weighted by Crippen LogP contribution is -2.50. The van der Waals surface area contributed by atoms with Crippen molar-refractivity contribution >= 4 is 22.8 Å². The highest BCUT2D eigenvalue weighted by Gasteiger charge is 2.27. The van der Waals surface area contributed by atoms with Crippen LogP contribution in [0.1, 0.15) is 16.7 Å². The number of carbonyl (C=O) groups is 2. The number of nitrogens with one attached hydrogen (secondary N) is 1. The summed E-state index contributed by atoms with van der Waals surface area (Å²) >= 11 is 0. The topological polar surface area (TPSA) is 128 Å². The number of fused-ring (bicyclic) bond motifs is 1. The second-order valence-electron chi connectivity index (χ2n) is 9.46. The Morgan fingerprint density at radius 1 is 1.05 bits per heavy atom. The van der Waals surface area contributed by atoms with E-state index in [1.165, 1.54) is 47.2 Å². The minimum absolute atomic E-state index is 0.752. The monoisotopic (exact) mass is 504 g/mol. The fraction of sp³-hybridized carbons (Fsp3) is 0.333. The standard InChI is InChI=1S/C25H30N6.C2H2O4/c1-29(13-22-15-30(16-22)14-20-5-3-2-4-6-20)10-9-23-12-27-25-8-7-21(11-24(23)25)17-31-19-26-18-28-31;3-1(4)2(5)6/h2-8,11-12,18-19,22,27H,9-10,13-17H2,1H3;(H,3,4)(H,5,6). The zero-order valence-electron chi connectivity index (χ0n) is 20.8. The Labute approximate surface area is 215 Å². The Morgan fingerprint density at radius 2 is 1.81 bits per heavy atom. The number of nitrogens with zero attached hydrogens (tertiary/aromatic N) is 5. The molecule has 1 saturated heterocycles. The third kappa shape index (κ3) is 7.48. The van der Waals surface area contributed by atoms with Gasteiger partial charge in [0.25, 0.3) is 0 Å². The van der Waals surface area contributed by atoms with Crippen molar-refractivity contribution in [2.75, 3.05) is 33.2 Å². The Morgan fingerprint density at radius 3 is 2.49 bits per heavy atom. The van der Waals surface area contributed by atoms with Crippen molar-refractivity contribution in [3.63, 3.8) is 0 Å². The normalized spacial score (nSPS) is 13.8. The SMILES string of the molecule is CN(CCc1c[nH]c2ccc(Cn3cncn3)cc12)CC1CN(Cc2ccccc2)C1.O=C(O)C(=O)O. The molecule has 0 atom stereocenters. The van der Waals surface area contributed by atoms with Crippen LogP contribution < -0.4 is 0 Å². The summed E-state index contributed by atoms with van der Waals surface area (Å²) in [5.74, 6) is -2.86. The number of H-pyrrole nitrogens is 1. The predicted octanol–water partition coefficient (Wildman–Crippen LogP) is 2.57. The van der Waals surface area contributed by atoms with E-state index in [0.717, 1.165) is 32.0 Å². The lowest BCUT2D eigenvalue weighted by atomic mass is 9.98. The summed E-state index contributed by atoms with van der Waals surface area (Å²) in [6, 6.07) is 17.4. The van der Waals surface area contributed by atoms with E-state index in [-0.39, 0.29) is 0 Å². The fourth-order valence-electron chi connectivity index (χ4n) is 4.64. The van der Waals surface area contributed by atoms with Crippen molar-refractivity contribution in [3.05, 3.63) is 84.1 Å². The minimum atomic E-state index is -1.82. The van der Waals surface area contributed by atoms with Crippen LogP contribution in [0.15, 0.2) is 67.4 Å². The molecule has 10 heteroatoms. The third-order valence-electron chi connectivity index (χ3n) is 6.44. The van der Waals surface area contributed by atoms with Gasteiger partial charge in [0.1, 0.15) is 12.7 Å². The van der Waals surface area contributed by atoms with Gasteiger partial charge in [0.15, 0.2) is 0 Å². The Kier molecular flexibility index (Phi) is 8.65. The number of likely N-dealkylation sites (tertiary alicyclic amines) is 1. The van der Waals surface area contributed by atoms with E-state index < -0.39 is 11.9 Å². The van der Waals surface area contributed by atoms with Gasteiger partial charge in [-0.3, -0.25) is 4.90 Å². The molecule has 194 valence electrons. The van der Waals surface area contributed by atoms with Crippen LogP contribution in [0, 0.1) is 5.92 Å². The molecule has 5 rings (SSSR count). The number of likely N-dealkylation sites (N-methyl/N-ethyl adjacent to an activating group) is 1. The Hall–Kier alpha value is -4.02. The van der Waals surface area contributed by atoms with E-state index in [1.54, 1.807) is 12.7 Å². The van der Waals surface area contributed by atoms with E-state index in [0.29, 0.717) is 0 Å². The van der Waals surface area contributed by atoms with E-state index in [2.05, 4.69) is 86.6 Å². The minimum Gasteiger partial charge on any atom is -0.473 e.